The van der Waals surface area contributed by atoms with E-state index in [0.717, 1.165) is 12.1 Å². The standard InChI is InChI=1S/C12H14F2N4O2S/c1-7(10-8(13)4-3-5-9(10)14)17-21(19,20)12-11(15)16-6-18(12)2/h3-7,17H,15H2,1-2H3. The van der Waals surface area contributed by atoms with E-state index in [9.17, 15) is 17.2 Å². The first-order valence-corrected chi connectivity index (χ1v) is 7.45. The van der Waals surface area contributed by atoms with E-state index in [1.54, 1.807) is 0 Å². The number of nitrogen functional groups attached to an aromatic ring is 1. The highest BCUT2D eigenvalue weighted by Gasteiger charge is 2.27. The second-order valence-electron chi connectivity index (χ2n) is 4.52. The van der Waals surface area contributed by atoms with Crippen LogP contribution in [0.2, 0.25) is 0 Å². The zero-order valence-electron chi connectivity index (χ0n) is 11.3. The van der Waals surface area contributed by atoms with E-state index in [-0.39, 0.29) is 16.4 Å². The third-order valence-corrected chi connectivity index (χ3v) is 4.60. The Morgan fingerprint density at radius 3 is 2.38 bits per heavy atom. The fraction of sp³-hybridized carbons (Fsp3) is 0.250. The van der Waals surface area contributed by atoms with Gasteiger partial charge < -0.3 is 10.3 Å². The molecule has 3 N–H and O–H groups in total. The lowest BCUT2D eigenvalue weighted by Crippen LogP contribution is -2.30. The summed E-state index contributed by atoms with van der Waals surface area (Å²) >= 11 is 0. The molecule has 2 rings (SSSR count). The van der Waals surface area contributed by atoms with Gasteiger partial charge >= 0.3 is 0 Å². The molecule has 0 aliphatic heterocycles. The predicted molar refractivity (Wildman–Crippen MR) is 72.7 cm³/mol. The van der Waals surface area contributed by atoms with Crippen molar-refractivity contribution in [2.24, 2.45) is 7.05 Å². The highest BCUT2D eigenvalue weighted by molar-refractivity contribution is 7.89. The molecule has 2 aromatic rings. The van der Waals surface area contributed by atoms with Crippen LogP contribution in [-0.4, -0.2) is 18.0 Å². The average Bonchev–Trinajstić information content (AvgIpc) is 2.68. The fourth-order valence-corrected chi connectivity index (χ4v) is 3.49. The molecule has 0 fully saturated rings. The monoisotopic (exact) mass is 316 g/mol. The number of halogens is 2. The zero-order valence-corrected chi connectivity index (χ0v) is 12.2. The summed E-state index contributed by atoms with van der Waals surface area (Å²) in [4.78, 5) is 3.67. The van der Waals surface area contributed by atoms with E-state index in [1.165, 1.54) is 30.9 Å². The molecule has 0 radical (unpaired) electrons. The van der Waals surface area contributed by atoms with Gasteiger partial charge in [-0.2, -0.15) is 0 Å². The largest absolute Gasteiger partial charge is 0.381 e. The second-order valence-corrected chi connectivity index (χ2v) is 6.15. The maximum absolute atomic E-state index is 13.7. The number of nitrogens with one attached hydrogen (secondary N) is 1. The van der Waals surface area contributed by atoms with Gasteiger partial charge in [-0.1, -0.05) is 6.07 Å². The molecular weight excluding hydrogens is 302 g/mol. The minimum Gasteiger partial charge on any atom is -0.381 e. The summed E-state index contributed by atoms with van der Waals surface area (Å²) in [6.45, 7) is 1.34. The van der Waals surface area contributed by atoms with Crippen LogP contribution in [0.5, 0.6) is 0 Å². The molecule has 1 aromatic carbocycles. The number of hydrogen-bond acceptors (Lipinski definition) is 4. The smallest absolute Gasteiger partial charge is 0.260 e. The summed E-state index contributed by atoms with van der Waals surface area (Å²) in [6, 6.07) is 2.21. The van der Waals surface area contributed by atoms with Gasteiger partial charge in [0.25, 0.3) is 10.0 Å². The Hall–Kier alpha value is -2.00. The van der Waals surface area contributed by atoms with Gasteiger partial charge in [0.1, 0.15) is 11.6 Å². The number of sulfonamides is 1. The molecule has 0 saturated heterocycles. The summed E-state index contributed by atoms with van der Waals surface area (Å²) in [5.41, 5.74) is 5.14. The fourth-order valence-electron chi connectivity index (χ4n) is 2.04. The Morgan fingerprint density at radius 2 is 1.90 bits per heavy atom. The van der Waals surface area contributed by atoms with Gasteiger partial charge in [0.05, 0.1) is 12.4 Å². The number of anilines is 1. The van der Waals surface area contributed by atoms with Crippen LogP contribution in [-0.2, 0) is 17.1 Å². The SMILES string of the molecule is CC(NS(=O)(=O)c1c(N)ncn1C)c1c(F)cccc1F. The summed E-state index contributed by atoms with van der Waals surface area (Å²) in [6.07, 6.45) is 1.23. The van der Waals surface area contributed by atoms with Crippen molar-refractivity contribution in [3.8, 4) is 0 Å². The Bertz CT molecular complexity index is 734. The summed E-state index contributed by atoms with van der Waals surface area (Å²) < 4.78 is 55.2. The number of nitrogens with zero attached hydrogens (tertiary/aromatic N) is 2. The highest BCUT2D eigenvalue weighted by atomic mass is 32.2. The average molecular weight is 316 g/mol. The quantitative estimate of drug-likeness (QED) is 0.890. The number of rotatable bonds is 4. The molecule has 0 aliphatic rings. The van der Waals surface area contributed by atoms with Crippen molar-refractivity contribution in [1.29, 1.82) is 0 Å². The zero-order chi connectivity index (χ0) is 15.8. The normalized spacial score (nSPS) is 13.3. The molecule has 114 valence electrons. The lowest BCUT2D eigenvalue weighted by atomic mass is 10.1. The van der Waals surface area contributed by atoms with Crippen LogP contribution in [0.15, 0.2) is 29.6 Å². The second kappa shape index (κ2) is 5.41. The van der Waals surface area contributed by atoms with Gasteiger partial charge in [-0.15, -0.1) is 0 Å². The van der Waals surface area contributed by atoms with E-state index >= 15 is 0 Å². The first-order chi connectivity index (χ1) is 9.74. The molecule has 0 amide bonds. The molecule has 6 nitrogen and oxygen atoms in total. The minimum absolute atomic E-state index is 0.189. The first kappa shape index (κ1) is 15.4. The molecule has 1 aromatic heterocycles. The topological polar surface area (TPSA) is 90.0 Å². The van der Waals surface area contributed by atoms with Gasteiger partial charge in [0, 0.05) is 12.6 Å². The van der Waals surface area contributed by atoms with E-state index in [0.29, 0.717) is 0 Å². The van der Waals surface area contributed by atoms with Crippen LogP contribution in [0.3, 0.4) is 0 Å². The molecule has 1 heterocycles. The molecular formula is C12H14F2N4O2S. The van der Waals surface area contributed by atoms with E-state index in [4.69, 9.17) is 5.73 Å². The molecule has 0 bridgehead atoms. The maximum atomic E-state index is 13.7. The van der Waals surface area contributed by atoms with E-state index in [2.05, 4.69) is 9.71 Å². The van der Waals surface area contributed by atoms with Crippen LogP contribution >= 0.6 is 0 Å². The Morgan fingerprint density at radius 1 is 1.33 bits per heavy atom. The minimum atomic E-state index is -4.07. The third-order valence-electron chi connectivity index (χ3n) is 2.93. The molecule has 21 heavy (non-hydrogen) atoms. The van der Waals surface area contributed by atoms with Crippen LogP contribution in [0.1, 0.15) is 18.5 Å². The van der Waals surface area contributed by atoms with E-state index < -0.39 is 27.7 Å². The van der Waals surface area contributed by atoms with Gasteiger partial charge in [0.2, 0.25) is 0 Å². The lowest BCUT2D eigenvalue weighted by molar-refractivity contribution is 0.512. The van der Waals surface area contributed by atoms with Crippen molar-refractivity contribution in [1.82, 2.24) is 14.3 Å². The molecule has 0 saturated carbocycles. The van der Waals surface area contributed by atoms with Crippen LogP contribution < -0.4 is 10.5 Å². The Balaban J connectivity index is 2.38. The van der Waals surface area contributed by atoms with Crippen molar-refractivity contribution in [3.05, 3.63) is 41.7 Å². The van der Waals surface area contributed by atoms with Gasteiger partial charge in [-0.05, 0) is 19.1 Å². The first-order valence-electron chi connectivity index (χ1n) is 5.97. The van der Waals surface area contributed by atoms with Crippen molar-refractivity contribution in [2.45, 2.75) is 18.0 Å². The van der Waals surface area contributed by atoms with Crippen LogP contribution in [0.4, 0.5) is 14.6 Å². The molecule has 1 atom stereocenters. The van der Waals surface area contributed by atoms with Crippen LogP contribution in [0, 0.1) is 11.6 Å². The molecule has 1 unspecified atom stereocenters. The van der Waals surface area contributed by atoms with E-state index in [1.807, 2.05) is 0 Å². The number of aromatic nitrogens is 2. The third kappa shape index (κ3) is 2.88. The van der Waals surface area contributed by atoms with Crippen molar-refractivity contribution < 1.29 is 17.2 Å². The summed E-state index contributed by atoms with van der Waals surface area (Å²) in [7, 11) is -2.62. The van der Waals surface area contributed by atoms with Gasteiger partial charge in [0.15, 0.2) is 10.8 Å². The van der Waals surface area contributed by atoms with Crippen molar-refractivity contribution in [3.63, 3.8) is 0 Å². The van der Waals surface area contributed by atoms with Gasteiger partial charge in [-0.25, -0.2) is 26.9 Å². The molecule has 9 heteroatoms. The number of nitrogens with two attached hydrogens (primary N) is 1. The molecule has 0 aliphatic carbocycles. The Kier molecular flexibility index (Phi) is 3.97. The summed E-state index contributed by atoms with van der Waals surface area (Å²) in [5.74, 6) is -1.85. The maximum Gasteiger partial charge on any atom is 0.260 e. The summed E-state index contributed by atoms with van der Waals surface area (Å²) in [5, 5.41) is -0.258. The van der Waals surface area contributed by atoms with Gasteiger partial charge in [-0.3, -0.25) is 0 Å². The van der Waals surface area contributed by atoms with Crippen molar-refractivity contribution >= 4 is 15.8 Å². The lowest BCUT2D eigenvalue weighted by Gasteiger charge is -2.16. The molecule has 0 spiro atoms. The van der Waals surface area contributed by atoms with Crippen LogP contribution in [0.25, 0.3) is 0 Å². The number of hydrogen-bond donors (Lipinski definition) is 2. The highest BCUT2D eigenvalue weighted by Crippen LogP contribution is 2.23. The van der Waals surface area contributed by atoms with Crippen molar-refractivity contribution in [2.75, 3.05) is 5.73 Å². The number of benzene rings is 1. The Labute approximate surface area is 120 Å². The predicted octanol–water partition coefficient (Wildman–Crippen LogP) is 1.32. The number of aryl methyl sites for hydroxylation is 1. The number of imidazole rings is 1.